The van der Waals surface area contributed by atoms with E-state index in [0.29, 0.717) is 28.4 Å². The zero-order valence-electron chi connectivity index (χ0n) is 14.5. The number of rotatable bonds is 4. The predicted octanol–water partition coefficient (Wildman–Crippen LogP) is 4.04. The highest BCUT2D eigenvalue weighted by molar-refractivity contribution is 6.34. The van der Waals surface area contributed by atoms with Gasteiger partial charge < -0.3 is 10.3 Å². The number of anilines is 1. The van der Waals surface area contributed by atoms with Gasteiger partial charge in [-0.2, -0.15) is 5.10 Å². The van der Waals surface area contributed by atoms with Gasteiger partial charge in [-0.3, -0.25) is 4.79 Å². The van der Waals surface area contributed by atoms with Crippen LogP contribution in [0.25, 0.3) is 16.9 Å². The largest absolute Gasteiger partial charge is 0.325 e. The van der Waals surface area contributed by atoms with Gasteiger partial charge in [0.2, 0.25) is 0 Å². The molecular formula is C19H14ClFN6O. The number of hydrogen-bond donors (Lipinski definition) is 2. The van der Waals surface area contributed by atoms with Crippen LogP contribution in [0.15, 0.2) is 42.7 Å². The number of nitrogens with zero attached hydrogens (tertiary/aromatic N) is 4. The lowest BCUT2D eigenvalue weighted by molar-refractivity contribution is 0.102. The van der Waals surface area contributed by atoms with Gasteiger partial charge in [-0.1, -0.05) is 17.7 Å². The molecule has 7 nitrogen and oxygen atoms in total. The van der Waals surface area contributed by atoms with Crippen molar-refractivity contribution in [1.82, 2.24) is 24.8 Å². The number of aromatic amines is 1. The number of carbonyl (C=O) groups is 1. The molecule has 5 rings (SSSR count). The van der Waals surface area contributed by atoms with Gasteiger partial charge in [0.25, 0.3) is 5.91 Å². The Morgan fingerprint density at radius 2 is 2.14 bits per heavy atom. The Bertz CT molecular complexity index is 1210. The summed E-state index contributed by atoms with van der Waals surface area (Å²) in [7, 11) is 0. The summed E-state index contributed by atoms with van der Waals surface area (Å²) in [6, 6.07) is 8.23. The fraction of sp³-hybridized carbons (Fsp3) is 0.158. The van der Waals surface area contributed by atoms with Crippen LogP contribution in [0.3, 0.4) is 0 Å². The Hall–Kier alpha value is -3.26. The first-order valence-corrected chi connectivity index (χ1v) is 9.13. The first-order chi connectivity index (χ1) is 13.6. The third-order valence-electron chi connectivity index (χ3n) is 4.69. The van der Waals surface area contributed by atoms with Crippen LogP contribution in [0, 0.1) is 5.82 Å². The molecule has 2 N–H and O–H groups in total. The Morgan fingerprint density at radius 3 is 2.96 bits per heavy atom. The van der Waals surface area contributed by atoms with E-state index in [4.69, 9.17) is 11.6 Å². The first kappa shape index (κ1) is 16.9. The van der Waals surface area contributed by atoms with E-state index in [0.717, 1.165) is 18.7 Å². The molecule has 3 aromatic heterocycles. The first-order valence-electron chi connectivity index (χ1n) is 8.76. The Labute approximate surface area is 163 Å². The lowest BCUT2D eigenvalue weighted by Gasteiger charge is -2.09. The molecule has 0 saturated heterocycles. The second-order valence-corrected chi connectivity index (χ2v) is 7.07. The molecule has 1 aliphatic carbocycles. The van der Waals surface area contributed by atoms with E-state index in [2.05, 4.69) is 25.6 Å². The Balaban J connectivity index is 1.48. The summed E-state index contributed by atoms with van der Waals surface area (Å²) in [5.41, 5.74) is 1.60. The second-order valence-electron chi connectivity index (χ2n) is 6.70. The Morgan fingerprint density at radius 1 is 1.29 bits per heavy atom. The van der Waals surface area contributed by atoms with Crippen LogP contribution in [-0.4, -0.2) is 30.7 Å². The lowest BCUT2D eigenvalue weighted by atomic mass is 10.1. The van der Waals surface area contributed by atoms with E-state index < -0.39 is 11.7 Å². The number of nitrogens with one attached hydrogen (secondary N) is 2. The summed E-state index contributed by atoms with van der Waals surface area (Å²) in [5, 5.41) is 14.8. The van der Waals surface area contributed by atoms with Gasteiger partial charge >= 0.3 is 0 Å². The van der Waals surface area contributed by atoms with E-state index in [1.807, 2.05) is 12.1 Å². The average molecular weight is 397 g/mol. The number of halogens is 2. The topological polar surface area (TPSA) is 88.0 Å². The normalized spacial score (nSPS) is 13.8. The predicted molar refractivity (Wildman–Crippen MR) is 102 cm³/mol. The van der Waals surface area contributed by atoms with Gasteiger partial charge in [-0.05, 0) is 37.1 Å². The Kier molecular flexibility index (Phi) is 3.87. The highest BCUT2D eigenvalue weighted by Gasteiger charge is 2.27. The van der Waals surface area contributed by atoms with E-state index >= 15 is 0 Å². The lowest BCUT2D eigenvalue weighted by Crippen LogP contribution is -2.12. The molecule has 0 bridgehead atoms. The maximum atomic E-state index is 14.4. The zero-order valence-corrected chi connectivity index (χ0v) is 15.2. The van der Waals surface area contributed by atoms with Crippen molar-refractivity contribution in [3.8, 4) is 11.4 Å². The van der Waals surface area contributed by atoms with Crippen LogP contribution in [0.5, 0.6) is 0 Å². The molecule has 0 aliphatic heterocycles. The highest BCUT2D eigenvalue weighted by Crippen LogP contribution is 2.39. The standard InChI is InChI=1S/C19H14ClFN6O/c20-16-13(21)7-11(18-24-17(25-26-18)10-4-5-10)8-14(16)23-19(28)12-9-22-27-6-2-1-3-15(12)27/h1-3,6-10H,4-5H2,(H,23,28)(H,24,25,26). The van der Waals surface area contributed by atoms with E-state index in [-0.39, 0.29) is 10.7 Å². The number of amides is 1. The molecule has 0 atom stereocenters. The summed E-state index contributed by atoms with van der Waals surface area (Å²) in [6.07, 6.45) is 5.34. The molecule has 0 unspecified atom stereocenters. The van der Waals surface area contributed by atoms with Gasteiger partial charge in [0, 0.05) is 17.7 Å². The quantitative estimate of drug-likeness (QED) is 0.545. The smallest absolute Gasteiger partial charge is 0.259 e. The van der Waals surface area contributed by atoms with Crippen LogP contribution in [0.1, 0.15) is 34.9 Å². The molecule has 1 aromatic carbocycles. The summed E-state index contributed by atoms with van der Waals surface area (Å²) in [5.74, 6) is 0.536. The zero-order chi connectivity index (χ0) is 19.3. The van der Waals surface area contributed by atoms with Crippen LogP contribution < -0.4 is 5.32 Å². The maximum absolute atomic E-state index is 14.4. The van der Waals surface area contributed by atoms with Crippen LogP contribution >= 0.6 is 11.6 Å². The number of H-pyrrole nitrogens is 1. The van der Waals surface area contributed by atoms with Gasteiger partial charge in [-0.15, -0.1) is 10.2 Å². The SMILES string of the molecule is O=C(Nc1cc(-c2nnc(C3CC3)[nH]2)cc(F)c1Cl)c1cnn2ccccc12. The minimum absolute atomic E-state index is 0.154. The summed E-state index contributed by atoms with van der Waals surface area (Å²) >= 11 is 6.09. The van der Waals surface area contributed by atoms with Gasteiger partial charge in [0.05, 0.1) is 28.0 Å². The summed E-state index contributed by atoms with van der Waals surface area (Å²) in [4.78, 5) is 15.8. The molecule has 1 aliphatic rings. The fourth-order valence-electron chi connectivity index (χ4n) is 3.06. The molecule has 0 radical (unpaired) electrons. The molecule has 9 heteroatoms. The van der Waals surface area contributed by atoms with Crippen molar-refractivity contribution in [1.29, 1.82) is 0 Å². The average Bonchev–Trinajstić information content (AvgIpc) is 3.26. The number of aromatic nitrogens is 5. The fourth-order valence-corrected chi connectivity index (χ4v) is 3.22. The molecule has 1 fully saturated rings. The third-order valence-corrected chi connectivity index (χ3v) is 5.07. The third kappa shape index (κ3) is 2.91. The molecule has 1 saturated carbocycles. The van der Waals surface area contributed by atoms with Crippen LogP contribution in [-0.2, 0) is 0 Å². The van der Waals surface area contributed by atoms with Crippen molar-refractivity contribution in [3.05, 3.63) is 65.0 Å². The summed E-state index contributed by atoms with van der Waals surface area (Å²) < 4.78 is 16.0. The van der Waals surface area contributed by atoms with E-state index in [9.17, 15) is 9.18 Å². The minimum atomic E-state index is -0.654. The van der Waals surface area contributed by atoms with Gasteiger partial charge in [0.15, 0.2) is 5.82 Å². The molecular weight excluding hydrogens is 383 g/mol. The molecule has 4 aromatic rings. The van der Waals surface area contributed by atoms with E-state index in [1.54, 1.807) is 22.8 Å². The van der Waals surface area contributed by atoms with Crippen LogP contribution in [0.2, 0.25) is 5.02 Å². The number of pyridine rings is 1. The number of hydrogen-bond acceptors (Lipinski definition) is 4. The van der Waals surface area contributed by atoms with Crippen molar-refractivity contribution in [2.75, 3.05) is 5.32 Å². The molecule has 3 heterocycles. The van der Waals surface area contributed by atoms with Crippen molar-refractivity contribution >= 4 is 28.7 Å². The summed E-state index contributed by atoms with van der Waals surface area (Å²) in [6.45, 7) is 0. The molecule has 0 spiro atoms. The number of fused-ring (bicyclic) bond motifs is 1. The van der Waals surface area contributed by atoms with Crippen LogP contribution in [0.4, 0.5) is 10.1 Å². The number of benzene rings is 1. The molecule has 1 amide bonds. The maximum Gasteiger partial charge on any atom is 0.259 e. The van der Waals surface area contributed by atoms with Crippen molar-refractivity contribution < 1.29 is 9.18 Å². The number of carbonyl (C=O) groups excluding carboxylic acids is 1. The highest BCUT2D eigenvalue weighted by atomic mass is 35.5. The molecule has 28 heavy (non-hydrogen) atoms. The second kappa shape index (κ2) is 6.42. The van der Waals surface area contributed by atoms with Gasteiger partial charge in [0.1, 0.15) is 11.6 Å². The monoisotopic (exact) mass is 396 g/mol. The van der Waals surface area contributed by atoms with Crippen molar-refractivity contribution in [2.24, 2.45) is 0 Å². The van der Waals surface area contributed by atoms with E-state index in [1.165, 1.54) is 12.3 Å². The molecule has 140 valence electrons. The van der Waals surface area contributed by atoms with Crippen molar-refractivity contribution in [2.45, 2.75) is 18.8 Å². The van der Waals surface area contributed by atoms with Crippen molar-refractivity contribution in [3.63, 3.8) is 0 Å². The minimum Gasteiger partial charge on any atom is -0.325 e. The van der Waals surface area contributed by atoms with Gasteiger partial charge in [-0.25, -0.2) is 8.91 Å².